The Hall–Kier alpha value is -1.92. The van der Waals surface area contributed by atoms with Gasteiger partial charge in [0.25, 0.3) is 5.91 Å². The third kappa shape index (κ3) is 2.56. The summed E-state index contributed by atoms with van der Waals surface area (Å²) in [5, 5.41) is 17.3. The minimum atomic E-state index is -0.950. The maximum Gasteiger partial charge on any atom is 0.305 e. The highest BCUT2D eigenvalue weighted by Gasteiger charge is 2.28. The third-order valence-electron chi connectivity index (χ3n) is 2.29. The number of carboxylic acid groups (broad SMARTS) is 1. The lowest BCUT2D eigenvalue weighted by Crippen LogP contribution is -2.27. The molecule has 1 saturated carbocycles. The molecule has 0 spiro atoms. The maximum absolute atomic E-state index is 11.4. The Morgan fingerprint density at radius 3 is 2.88 bits per heavy atom. The molecule has 0 aliphatic heterocycles. The van der Waals surface area contributed by atoms with Crippen LogP contribution in [-0.2, 0) is 4.79 Å². The molecule has 1 aliphatic rings. The number of H-pyrrole nitrogens is 1. The topological polar surface area (TPSA) is 108 Å². The van der Waals surface area contributed by atoms with Gasteiger partial charge in [-0.1, -0.05) is 0 Å². The van der Waals surface area contributed by atoms with E-state index in [1.807, 2.05) is 0 Å². The van der Waals surface area contributed by atoms with Crippen LogP contribution in [0.1, 0.15) is 41.6 Å². The Balaban J connectivity index is 1.85. The quantitative estimate of drug-likeness (QED) is 0.646. The average molecular weight is 224 g/mol. The number of nitrogens with zero attached hydrogens (tertiary/aromatic N) is 2. The van der Waals surface area contributed by atoms with Crippen LogP contribution in [-0.4, -0.2) is 38.7 Å². The number of nitrogens with one attached hydrogen (secondary N) is 2. The summed E-state index contributed by atoms with van der Waals surface area (Å²) in [4.78, 5) is 25.7. The van der Waals surface area contributed by atoms with Gasteiger partial charge in [-0.25, -0.2) is 4.98 Å². The lowest BCUT2D eigenvalue weighted by atomic mass is 10.4. The van der Waals surface area contributed by atoms with E-state index in [2.05, 4.69) is 20.5 Å². The van der Waals surface area contributed by atoms with Gasteiger partial charge in [0.2, 0.25) is 5.82 Å². The van der Waals surface area contributed by atoms with Crippen molar-refractivity contribution in [1.82, 2.24) is 20.5 Å². The van der Waals surface area contributed by atoms with Gasteiger partial charge >= 0.3 is 5.97 Å². The monoisotopic (exact) mass is 224 g/mol. The zero-order chi connectivity index (χ0) is 11.5. The maximum atomic E-state index is 11.4. The van der Waals surface area contributed by atoms with Crippen molar-refractivity contribution < 1.29 is 14.7 Å². The fraction of sp³-hybridized carbons (Fsp3) is 0.556. The van der Waals surface area contributed by atoms with E-state index >= 15 is 0 Å². The molecule has 0 unspecified atom stereocenters. The molecule has 7 heteroatoms. The predicted molar refractivity (Wildman–Crippen MR) is 52.9 cm³/mol. The summed E-state index contributed by atoms with van der Waals surface area (Å²) >= 11 is 0. The number of aromatic amines is 1. The first kappa shape index (κ1) is 10.6. The van der Waals surface area contributed by atoms with Gasteiger partial charge in [-0.15, -0.1) is 5.10 Å². The fourth-order valence-electron chi connectivity index (χ4n) is 1.28. The van der Waals surface area contributed by atoms with Gasteiger partial charge in [0, 0.05) is 12.5 Å². The highest BCUT2D eigenvalue weighted by molar-refractivity contribution is 5.90. The summed E-state index contributed by atoms with van der Waals surface area (Å²) in [6.07, 6.45) is 2.05. The minimum absolute atomic E-state index is 0.0762. The molecule has 1 amide bonds. The second kappa shape index (κ2) is 4.30. The molecule has 1 fully saturated rings. The van der Waals surface area contributed by atoms with Crippen LogP contribution in [0.3, 0.4) is 0 Å². The number of carbonyl (C=O) groups excluding carboxylic acids is 1. The van der Waals surface area contributed by atoms with Crippen LogP contribution in [0.5, 0.6) is 0 Å². The van der Waals surface area contributed by atoms with Crippen LogP contribution in [0, 0.1) is 0 Å². The molecule has 0 atom stereocenters. The highest BCUT2D eigenvalue weighted by Crippen LogP contribution is 2.37. The highest BCUT2D eigenvalue weighted by atomic mass is 16.4. The van der Waals surface area contributed by atoms with Crippen molar-refractivity contribution in [3.8, 4) is 0 Å². The van der Waals surface area contributed by atoms with Crippen molar-refractivity contribution in [2.75, 3.05) is 6.54 Å². The molecule has 0 aromatic carbocycles. The third-order valence-corrected chi connectivity index (χ3v) is 2.29. The number of hydrogen-bond acceptors (Lipinski definition) is 4. The van der Waals surface area contributed by atoms with Crippen molar-refractivity contribution in [2.45, 2.75) is 25.2 Å². The van der Waals surface area contributed by atoms with E-state index in [9.17, 15) is 9.59 Å². The Kier molecular flexibility index (Phi) is 2.84. The van der Waals surface area contributed by atoms with Crippen LogP contribution < -0.4 is 5.32 Å². The summed E-state index contributed by atoms with van der Waals surface area (Å²) in [5.74, 6) is -0.165. The molecule has 2 rings (SSSR count). The summed E-state index contributed by atoms with van der Waals surface area (Å²) in [7, 11) is 0. The Labute approximate surface area is 91.3 Å². The predicted octanol–water partition coefficient (Wildman–Crippen LogP) is -0.113. The van der Waals surface area contributed by atoms with Gasteiger partial charge in [0.1, 0.15) is 5.82 Å². The molecule has 1 aromatic rings. The Morgan fingerprint density at radius 1 is 1.50 bits per heavy atom. The van der Waals surface area contributed by atoms with Gasteiger partial charge in [-0.3, -0.25) is 14.7 Å². The molecule has 1 heterocycles. The second-order valence-corrected chi connectivity index (χ2v) is 3.72. The summed E-state index contributed by atoms with van der Waals surface area (Å²) in [6, 6.07) is 0. The van der Waals surface area contributed by atoms with E-state index < -0.39 is 11.9 Å². The van der Waals surface area contributed by atoms with Gasteiger partial charge < -0.3 is 10.4 Å². The van der Waals surface area contributed by atoms with E-state index in [1.54, 1.807) is 0 Å². The lowest BCUT2D eigenvalue weighted by Gasteiger charge is -1.98. The first-order valence-corrected chi connectivity index (χ1v) is 5.09. The molecule has 1 aliphatic carbocycles. The van der Waals surface area contributed by atoms with E-state index in [0.717, 1.165) is 18.7 Å². The van der Waals surface area contributed by atoms with Crippen LogP contribution in [0.2, 0.25) is 0 Å². The van der Waals surface area contributed by atoms with Crippen LogP contribution in [0.25, 0.3) is 0 Å². The summed E-state index contributed by atoms with van der Waals surface area (Å²) in [5.41, 5.74) is 0. The number of carboxylic acids is 1. The van der Waals surface area contributed by atoms with Crippen LogP contribution in [0.4, 0.5) is 0 Å². The number of rotatable bonds is 5. The van der Waals surface area contributed by atoms with Crippen molar-refractivity contribution in [2.24, 2.45) is 0 Å². The molecule has 16 heavy (non-hydrogen) atoms. The normalized spacial score (nSPS) is 14.8. The molecule has 7 nitrogen and oxygen atoms in total. The van der Waals surface area contributed by atoms with Crippen molar-refractivity contribution >= 4 is 11.9 Å². The molecule has 0 radical (unpaired) electrons. The van der Waals surface area contributed by atoms with Crippen molar-refractivity contribution in [1.29, 1.82) is 0 Å². The van der Waals surface area contributed by atoms with Crippen LogP contribution >= 0.6 is 0 Å². The fourth-order valence-corrected chi connectivity index (χ4v) is 1.28. The molecular weight excluding hydrogens is 212 g/mol. The SMILES string of the molecule is O=C(O)CCNC(=O)c1n[nH]c(C2CC2)n1. The minimum Gasteiger partial charge on any atom is -0.481 e. The number of aromatic nitrogens is 3. The van der Waals surface area contributed by atoms with Crippen molar-refractivity contribution in [3.63, 3.8) is 0 Å². The Morgan fingerprint density at radius 2 is 2.25 bits per heavy atom. The van der Waals surface area contributed by atoms with Gasteiger partial charge in [0.15, 0.2) is 0 Å². The van der Waals surface area contributed by atoms with Gasteiger partial charge in [0.05, 0.1) is 6.42 Å². The smallest absolute Gasteiger partial charge is 0.305 e. The first-order valence-electron chi connectivity index (χ1n) is 5.09. The number of amides is 1. The average Bonchev–Trinajstić information content (AvgIpc) is 2.96. The standard InChI is InChI=1S/C9H12N4O3/c14-6(15)3-4-10-9(16)8-11-7(12-13-8)5-1-2-5/h5H,1-4H2,(H,10,16)(H,14,15)(H,11,12,13). The molecule has 0 bridgehead atoms. The number of hydrogen-bond donors (Lipinski definition) is 3. The first-order chi connectivity index (χ1) is 7.66. The molecule has 86 valence electrons. The van der Waals surface area contributed by atoms with Gasteiger partial charge in [-0.2, -0.15) is 0 Å². The van der Waals surface area contributed by atoms with E-state index in [4.69, 9.17) is 5.11 Å². The van der Waals surface area contributed by atoms with E-state index in [1.165, 1.54) is 0 Å². The lowest BCUT2D eigenvalue weighted by molar-refractivity contribution is -0.136. The zero-order valence-corrected chi connectivity index (χ0v) is 8.56. The zero-order valence-electron chi connectivity index (χ0n) is 8.56. The second-order valence-electron chi connectivity index (χ2n) is 3.72. The van der Waals surface area contributed by atoms with E-state index in [-0.39, 0.29) is 18.8 Å². The molecule has 3 N–H and O–H groups in total. The molecule has 1 aromatic heterocycles. The molecular formula is C9H12N4O3. The number of aliphatic carboxylic acids is 1. The van der Waals surface area contributed by atoms with Crippen molar-refractivity contribution in [3.05, 3.63) is 11.6 Å². The largest absolute Gasteiger partial charge is 0.481 e. The van der Waals surface area contributed by atoms with E-state index in [0.29, 0.717) is 5.92 Å². The number of carbonyl (C=O) groups is 2. The van der Waals surface area contributed by atoms with Crippen LogP contribution in [0.15, 0.2) is 0 Å². The molecule has 0 saturated heterocycles. The summed E-state index contributed by atoms with van der Waals surface area (Å²) in [6.45, 7) is 0.0848. The Bertz CT molecular complexity index is 411. The van der Waals surface area contributed by atoms with Gasteiger partial charge in [-0.05, 0) is 12.8 Å². The summed E-state index contributed by atoms with van der Waals surface area (Å²) < 4.78 is 0.